The lowest BCUT2D eigenvalue weighted by Crippen LogP contribution is -2.19. The molecule has 0 spiro atoms. The van der Waals surface area contributed by atoms with Crippen LogP contribution in [0.1, 0.15) is 0 Å². The predicted molar refractivity (Wildman–Crippen MR) is 83.5 cm³/mol. The highest BCUT2D eigenvalue weighted by molar-refractivity contribution is 6.03. The Hall–Kier alpha value is -4.96. The van der Waals surface area contributed by atoms with Gasteiger partial charge in [0.1, 0.15) is 24.3 Å². The van der Waals surface area contributed by atoms with Crippen molar-refractivity contribution >= 4 is 33.3 Å². The van der Waals surface area contributed by atoms with E-state index in [1.54, 1.807) is 0 Å². The van der Waals surface area contributed by atoms with Gasteiger partial charge >= 0.3 is 12.7 Å². The molecule has 0 unspecified atom stereocenters. The molecule has 0 fully saturated rings. The third kappa shape index (κ3) is 3.88. The van der Waals surface area contributed by atoms with Crippen LogP contribution in [0.25, 0.3) is 33.3 Å². The molecule has 0 atom stereocenters. The highest BCUT2D eigenvalue weighted by atomic mass is 19.4. The van der Waals surface area contributed by atoms with Gasteiger partial charge in [-0.2, -0.15) is 21.0 Å². The number of ether oxygens (including phenoxy) is 2. The Morgan fingerprint density at radius 2 is 0.969 bits per heavy atom. The third-order valence-electron chi connectivity index (χ3n) is 3.41. The molecule has 0 N–H and O–H groups in total. The van der Waals surface area contributed by atoms with Gasteiger partial charge in [-0.3, -0.25) is 0 Å². The first-order valence-corrected chi connectivity index (χ1v) is 7.56. The highest BCUT2D eigenvalue weighted by Crippen LogP contribution is 2.44. The number of halogens is 6. The molecule has 0 aliphatic heterocycles. The summed E-state index contributed by atoms with van der Waals surface area (Å²) < 4.78 is 95.3. The SMILES string of the molecule is N#CC(C#N)=c1nc2c(OC(F)(F)F)c3oc(=C(C#N)C#N)nc3c(OC(F)(F)F)c2o1. The monoisotopic (exact) mass is 454 g/mol. The zero-order valence-corrected chi connectivity index (χ0v) is 14.6. The largest absolute Gasteiger partial charge is 0.573 e. The Labute approximate surface area is 169 Å². The molecule has 3 rings (SSSR count). The minimum Gasteiger partial charge on any atom is -0.431 e. The molecule has 32 heavy (non-hydrogen) atoms. The van der Waals surface area contributed by atoms with Crippen LogP contribution >= 0.6 is 0 Å². The number of hydrogen-bond acceptors (Lipinski definition) is 10. The van der Waals surface area contributed by atoms with E-state index in [0.717, 1.165) is 0 Å². The molecular formula is C16F6N6O4. The van der Waals surface area contributed by atoms with E-state index in [1.165, 1.54) is 24.3 Å². The third-order valence-corrected chi connectivity index (χ3v) is 3.41. The maximum absolute atomic E-state index is 13.0. The highest BCUT2D eigenvalue weighted by Gasteiger charge is 2.39. The molecule has 160 valence electrons. The number of fused-ring (bicyclic) bond motifs is 2. The van der Waals surface area contributed by atoms with E-state index in [1.807, 2.05) is 0 Å². The van der Waals surface area contributed by atoms with Gasteiger partial charge in [-0.25, -0.2) is 9.97 Å². The van der Waals surface area contributed by atoms with Gasteiger partial charge in [0.2, 0.25) is 33.8 Å². The maximum atomic E-state index is 13.0. The number of rotatable bonds is 2. The van der Waals surface area contributed by atoms with Gasteiger partial charge < -0.3 is 18.3 Å². The number of nitrogens with zero attached hydrogens (tertiary/aromatic N) is 6. The zero-order chi connectivity index (χ0) is 23.8. The van der Waals surface area contributed by atoms with Crippen molar-refractivity contribution in [3.8, 4) is 35.8 Å². The summed E-state index contributed by atoms with van der Waals surface area (Å²) >= 11 is 0. The fourth-order valence-corrected chi connectivity index (χ4v) is 2.35. The molecule has 10 nitrogen and oxygen atoms in total. The summed E-state index contributed by atoms with van der Waals surface area (Å²) in [4.78, 5) is 6.86. The lowest BCUT2D eigenvalue weighted by Gasteiger charge is -2.12. The lowest BCUT2D eigenvalue weighted by molar-refractivity contribution is -0.275. The van der Waals surface area contributed by atoms with Crippen LogP contribution in [0.2, 0.25) is 0 Å². The summed E-state index contributed by atoms with van der Waals surface area (Å²) in [6, 6.07) is 5.19. The van der Waals surface area contributed by atoms with Gasteiger partial charge in [0, 0.05) is 0 Å². The Bertz CT molecular complexity index is 1340. The summed E-state index contributed by atoms with van der Waals surface area (Å²) in [5.74, 6) is -2.76. The topological polar surface area (TPSA) is 166 Å². The molecular weight excluding hydrogens is 454 g/mol. The van der Waals surface area contributed by atoms with E-state index in [-0.39, 0.29) is 0 Å². The van der Waals surface area contributed by atoms with Gasteiger partial charge in [-0.1, -0.05) is 0 Å². The maximum Gasteiger partial charge on any atom is 0.573 e. The molecule has 0 aliphatic carbocycles. The molecule has 0 bridgehead atoms. The summed E-state index contributed by atoms with van der Waals surface area (Å²) in [5, 5.41) is 35.6. The predicted octanol–water partition coefficient (Wildman–Crippen LogP) is 2.16. The Morgan fingerprint density at radius 1 is 0.656 bits per heavy atom. The molecule has 0 aliphatic rings. The minimum atomic E-state index is -5.44. The molecule has 3 aromatic rings. The summed E-state index contributed by atoms with van der Waals surface area (Å²) in [5.41, 5.74) is -8.12. The van der Waals surface area contributed by atoms with Crippen molar-refractivity contribution in [2.45, 2.75) is 12.7 Å². The van der Waals surface area contributed by atoms with Gasteiger partial charge in [0.05, 0.1) is 0 Å². The zero-order valence-electron chi connectivity index (χ0n) is 14.6. The van der Waals surface area contributed by atoms with Crippen molar-refractivity contribution in [3.05, 3.63) is 11.1 Å². The number of benzene rings is 1. The molecule has 2 aromatic heterocycles. The van der Waals surface area contributed by atoms with Crippen LogP contribution in [0, 0.1) is 45.3 Å². The van der Waals surface area contributed by atoms with E-state index < -0.39 is 68.7 Å². The van der Waals surface area contributed by atoms with Gasteiger partial charge in [0.25, 0.3) is 0 Å². The van der Waals surface area contributed by atoms with Gasteiger partial charge in [-0.15, -0.1) is 26.3 Å². The average molecular weight is 454 g/mol. The number of aromatic nitrogens is 2. The lowest BCUT2D eigenvalue weighted by atomic mass is 10.2. The van der Waals surface area contributed by atoms with E-state index >= 15 is 0 Å². The van der Waals surface area contributed by atoms with E-state index in [9.17, 15) is 26.3 Å². The van der Waals surface area contributed by atoms with Crippen LogP contribution in [0.15, 0.2) is 8.83 Å². The molecule has 0 amide bonds. The van der Waals surface area contributed by atoms with Crippen LogP contribution in [0.3, 0.4) is 0 Å². The second kappa shape index (κ2) is 7.38. The molecule has 0 saturated heterocycles. The quantitative estimate of drug-likeness (QED) is 0.524. The fourth-order valence-electron chi connectivity index (χ4n) is 2.35. The molecule has 1 aromatic carbocycles. The number of oxazole rings is 2. The van der Waals surface area contributed by atoms with E-state index in [0.29, 0.717) is 0 Å². The summed E-state index contributed by atoms with van der Waals surface area (Å²) in [6.07, 6.45) is -10.9. The van der Waals surface area contributed by atoms with Crippen LogP contribution in [0.4, 0.5) is 26.3 Å². The van der Waals surface area contributed by atoms with Crippen molar-refractivity contribution in [3.63, 3.8) is 0 Å². The molecule has 16 heteroatoms. The number of alkyl halides is 6. The van der Waals surface area contributed by atoms with Crippen molar-refractivity contribution in [1.82, 2.24) is 9.97 Å². The Kier molecular flexibility index (Phi) is 5.01. The minimum absolute atomic E-state index is 0.896. The first-order chi connectivity index (χ1) is 14.9. The van der Waals surface area contributed by atoms with Gasteiger partial charge in [0.15, 0.2) is 22.2 Å². The number of hydrogen-bond donors (Lipinski definition) is 0. The van der Waals surface area contributed by atoms with Crippen LogP contribution in [-0.2, 0) is 0 Å². The molecule has 2 heterocycles. The van der Waals surface area contributed by atoms with Gasteiger partial charge in [-0.05, 0) is 0 Å². The second-order valence-corrected chi connectivity index (χ2v) is 5.34. The van der Waals surface area contributed by atoms with Crippen LogP contribution < -0.4 is 20.6 Å². The molecule has 0 saturated carbocycles. The Morgan fingerprint density at radius 3 is 1.22 bits per heavy atom. The van der Waals surface area contributed by atoms with Crippen molar-refractivity contribution < 1.29 is 44.7 Å². The standard InChI is InChI=1S/C16F6N6O4/c17-15(18,19)31-11-7-9(29-13(27-7)5(1-23)2-24)12(32-16(20,21)22)8-10(11)30-14(28-8)6(3-25)4-26. The first-order valence-electron chi connectivity index (χ1n) is 7.56. The fraction of sp³-hybridized carbons (Fsp3) is 0.125. The van der Waals surface area contributed by atoms with Crippen LogP contribution in [0.5, 0.6) is 11.5 Å². The molecule has 0 radical (unpaired) electrons. The summed E-state index contributed by atoms with van der Waals surface area (Å²) in [7, 11) is 0. The normalized spacial score (nSPS) is 11.3. The van der Waals surface area contributed by atoms with Crippen molar-refractivity contribution in [1.29, 1.82) is 21.0 Å². The first kappa shape index (κ1) is 21.7. The van der Waals surface area contributed by atoms with Crippen LogP contribution in [-0.4, -0.2) is 22.7 Å². The average Bonchev–Trinajstić information content (AvgIpc) is 3.30. The van der Waals surface area contributed by atoms with E-state index in [2.05, 4.69) is 19.4 Å². The smallest absolute Gasteiger partial charge is 0.431 e. The second-order valence-electron chi connectivity index (χ2n) is 5.34. The number of nitriles is 4. The Balaban J connectivity index is 2.65. The van der Waals surface area contributed by atoms with Crippen molar-refractivity contribution in [2.75, 3.05) is 0 Å². The summed E-state index contributed by atoms with van der Waals surface area (Å²) in [6.45, 7) is 0. The van der Waals surface area contributed by atoms with Crippen molar-refractivity contribution in [2.24, 2.45) is 0 Å². The van der Waals surface area contributed by atoms with E-state index in [4.69, 9.17) is 29.9 Å².